The van der Waals surface area contributed by atoms with Gasteiger partial charge in [0.2, 0.25) is 0 Å². The highest BCUT2D eigenvalue weighted by atomic mass is 35.5. The molecule has 0 bridgehead atoms. The van der Waals surface area contributed by atoms with Gasteiger partial charge in [-0.05, 0) is 42.8 Å². The smallest absolute Gasteiger partial charge is 0.338 e. The monoisotopic (exact) mass is 411 g/mol. The van der Waals surface area contributed by atoms with Crippen molar-refractivity contribution in [3.8, 4) is 11.5 Å². The Hall–Kier alpha value is -2.44. The summed E-state index contributed by atoms with van der Waals surface area (Å²) in [5, 5.41) is 3.27. The lowest BCUT2D eigenvalue weighted by molar-refractivity contribution is -0.129. The molecular weight excluding hydrogens is 393 g/mol. The van der Waals surface area contributed by atoms with E-state index in [2.05, 4.69) is 5.32 Å². The van der Waals surface area contributed by atoms with Crippen molar-refractivity contribution >= 4 is 35.1 Å². The first-order valence-corrected chi connectivity index (χ1v) is 8.76. The zero-order valence-electron chi connectivity index (χ0n) is 15.0. The van der Waals surface area contributed by atoms with Gasteiger partial charge in [-0.1, -0.05) is 29.3 Å². The van der Waals surface area contributed by atoms with E-state index in [1.54, 1.807) is 25.3 Å². The molecule has 27 heavy (non-hydrogen) atoms. The van der Waals surface area contributed by atoms with Crippen molar-refractivity contribution in [1.82, 2.24) is 5.32 Å². The molecule has 1 N–H and O–H groups in total. The van der Waals surface area contributed by atoms with Gasteiger partial charge in [0.25, 0.3) is 5.91 Å². The number of benzene rings is 2. The minimum absolute atomic E-state index is 0.212. The van der Waals surface area contributed by atoms with Crippen LogP contribution < -0.4 is 14.8 Å². The maximum absolute atomic E-state index is 12.2. The Labute approximate surface area is 167 Å². The Morgan fingerprint density at radius 2 is 1.70 bits per heavy atom. The van der Waals surface area contributed by atoms with Crippen molar-refractivity contribution in [1.29, 1.82) is 0 Å². The summed E-state index contributed by atoms with van der Waals surface area (Å²) in [4.78, 5) is 24.3. The second-order valence-electron chi connectivity index (χ2n) is 5.58. The summed E-state index contributed by atoms with van der Waals surface area (Å²) in [7, 11) is 3.08. The van der Waals surface area contributed by atoms with Gasteiger partial charge in [-0.25, -0.2) is 4.79 Å². The Morgan fingerprint density at radius 3 is 2.33 bits per heavy atom. The number of hydrogen-bond donors (Lipinski definition) is 1. The Morgan fingerprint density at radius 1 is 1.00 bits per heavy atom. The number of amides is 1. The summed E-state index contributed by atoms with van der Waals surface area (Å²) in [5.74, 6) is 0.0559. The van der Waals surface area contributed by atoms with Crippen molar-refractivity contribution in [3.63, 3.8) is 0 Å². The molecule has 0 spiro atoms. The normalized spacial score (nSPS) is 11.4. The van der Waals surface area contributed by atoms with Crippen LogP contribution >= 0.6 is 23.2 Å². The molecule has 0 aliphatic heterocycles. The van der Waals surface area contributed by atoms with E-state index in [0.717, 1.165) is 5.56 Å². The number of rotatable bonds is 7. The predicted octanol–water partition coefficient (Wildman–Crippen LogP) is 3.87. The van der Waals surface area contributed by atoms with Gasteiger partial charge in [-0.15, -0.1) is 0 Å². The average Bonchev–Trinajstić information content (AvgIpc) is 2.67. The lowest BCUT2D eigenvalue weighted by Gasteiger charge is -2.14. The van der Waals surface area contributed by atoms with E-state index >= 15 is 0 Å². The fourth-order valence-electron chi connectivity index (χ4n) is 2.23. The van der Waals surface area contributed by atoms with Crippen LogP contribution in [0.4, 0.5) is 0 Å². The second kappa shape index (κ2) is 9.48. The minimum Gasteiger partial charge on any atom is -0.493 e. The van der Waals surface area contributed by atoms with Gasteiger partial charge in [0.1, 0.15) is 0 Å². The number of hydrogen-bond acceptors (Lipinski definition) is 5. The molecule has 0 fully saturated rings. The summed E-state index contributed by atoms with van der Waals surface area (Å²) < 4.78 is 15.6. The Kier molecular flexibility index (Phi) is 7.33. The molecule has 0 heterocycles. The molecule has 0 aliphatic carbocycles. The second-order valence-corrected chi connectivity index (χ2v) is 6.40. The van der Waals surface area contributed by atoms with E-state index in [0.29, 0.717) is 16.5 Å². The number of ether oxygens (including phenoxy) is 3. The van der Waals surface area contributed by atoms with Crippen LogP contribution in [-0.4, -0.2) is 32.2 Å². The number of nitrogens with one attached hydrogen (secondary N) is 1. The lowest BCUT2D eigenvalue weighted by atomic mass is 10.2. The highest BCUT2D eigenvalue weighted by molar-refractivity contribution is 6.42. The summed E-state index contributed by atoms with van der Waals surface area (Å²) in [6, 6.07) is 9.65. The zero-order chi connectivity index (χ0) is 20.0. The van der Waals surface area contributed by atoms with Gasteiger partial charge in [0.15, 0.2) is 17.6 Å². The number of methoxy groups -OCH3 is 2. The summed E-state index contributed by atoms with van der Waals surface area (Å²) in [6.07, 6.45) is -0.980. The van der Waals surface area contributed by atoms with Crippen LogP contribution in [0.5, 0.6) is 11.5 Å². The third-order valence-electron chi connectivity index (χ3n) is 3.72. The molecule has 0 unspecified atom stereocenters. The fourth-order valence-corrected chi connectivity index (χ4v) is 2.53. The highest BCUT2D eigenvalue weighted by Gasteiger charge is 2.19. The van der Waals surface area contributed by atoms with E-state index in [9.17, 15) is 9.59 Å². The minimum atomic E-state index is -0.980. The Balaban J connectivity index is 1.93. The maximum Gasteiger partial charge on any atom is 0.338 e. The first-order valence-electron chi connectivity index (χ1n) is 8.00. The van der Waals surface area contributed by atoms with Gasteiger partial charge in [0.05, 0.1) is 29.8 Å². The molecule has 2 rings (SSSR count). The van der Waals surface area contributed by atoms with Crippen molar-refractivity contribution in [3.05, 3.63) is 57.6 Å². The molecule has 144 valence electrons. The largest absolute Gasteiger partial charge is 0.493 e. The van der Waals surface area contributed by atoms with Crippen LogP contribution in [0.1, 0.15) is 22.8 Å². The number of carbonyl (C=O) groups excluding carboxylic acids is 2. The standard InChI is InChI=1S/C19H19Cl2NO5/c1-11(27-19(24)13-5-6-14(20)15(21)9-13)18(23)22-10-12-4-7-16(25-2)17(8-12)26-3/h4-9,11H,10H2,1-3H3,(H,22,23)/t11-/m0/s1. The molecule has 2 aromatic rings. The van der Waals surface area contributed by atoms with Crippen LogP contribution in [0.25, 0.3) is 0 Å². The number of carbonyl (C=O) groups is 2. The van der Waals surface area contributed by atoms with Gasteiger partial charge in [0, 0.05) is 6.54 Å². The topological polar surface area (TPSA) is 73.9 Å². The van der Waals surface area contributed by atoms with Gasteiger partial charge < -0.3 is 19.5 Å². The predicted molar refractivity (Wildman–Crippen MR) is 103 cm³/mol. The van der Waals surface area contributed by atoms with Crippen molar-refractivity contribution in [2.75, 3.05) is 14.2 Å². The first-order chi connectivity index (χ1) is 12.8. The van der Waals surface area contributed by atoms with Gasteiger partial charge >= 0.3 is 5.97 Å². The number of halogens is 2. The fraction of sp³-hybridized carbons (Fsp3) is 0.263. The SMILES string of the molecule is COc1ccc(CNC(=O)[C@H](C)OC(=O)c2ccc(Cl)c(Cl)c2)cc1OC. The molecule has 0 radical (unpaired) electrons. The molecule has 0 aromatic heterocycles. The van der Waals surface area contributed by atoms with E-state index in [4.69, 9.17) is 37.4 Å². The molecular formula is C19H19Cl2NO5. The van der Waals surface area contributed by atoms with E-state index in [1.165, 1.54) is 32.2 Å². The maximum atomic E-state index is 12.2. The lowest BCUT2D eigenvalue weighted by Crippen LogP contribution is -2.35. The van der Waals surface area contributed by atoms with E-state index < -0.39 is 18.0 Å². The third kappa shape index (κ3) is 5.52. The molecule has 0 saturated carbocycles. The molecule has 1 atom stereocenters. The van der Waals surface area contributed by atoms with E-state index in [-0.39, 0.29) is 17.1 Å². The molecule has 1 amide bonds. The summed E-state index contributed by atoms with van der Waals surface area (Å²) in [6.45, 7) is 1.73. The van der Waals surface area contributed by atoms with Crippen molar-refractivity contribution in [2.24, 2.45) is 0 Å². The van der Waals surface area contributed by atoms with Gasteiger partial charge in [-0.3, -0.25) is 4.79 Å². The number of esters is 1. The quantitative estimate of drug-likeness (QED) is 0.699. The third-order valence-corrected chi connectivity index (χ3v) is 4.46. The summed E-state index contributed by atoms with van der Waals surface area (Å²) in [5.41, 5.74) is 1.02. The molecule has 8 heteroatoms. The molecule has 0 saturated heterocycles. The zero-order valence-corrected chi connectivity index (χ0v) is 16.6. The van der Waals surface area contributed by atoms with Crippen LogP contribution in [0, 0.1) is 0 Å². The molecule has 6 nitrogen and oxygen atoms in total. The van der Waals surface area contributed by atoms with Crippen LogP contribution in [0.2, 0.25) is 10.0 Å². The van der Waals surface area contributed by atoms with Crippen LogP contribution in [0.15, 0.2) is 36.4 Å². The van der Waals surface area contributed by atoms with Crippen molar-refractivity contribution in [2.45, 2.75) is 19.6 Å². The molecule has 0 aliphatic rings. The van der Waals surface area contributed by atoms with Gasteiger partial charge in [-0.2, -0.15) is 0 Å². The summed E-state index contributed by atoms with van der Waals surface area (Å²) >= 11 is 11.7. The molecule has 2 aromatic carbocycles. The van der Waals surface area contributed by atoms with Crippen LogP contribution in [-0.2, 0) is 16.1 Å². The first kappa shape index (κ1) is 20.9. The average molecular weight is 412 g/mol. The van der Waals surface area contributed by atoms with E-state index in [1.807, 2.05) is 0 Å². The Bertz CT molecular complexity index is 841. The van der Waals surface area contributed by atoms with Crippen molar-refractivity contribution < 1.29 is 23.8 Å². The van der Waals surface area contributed by atoms with Crippen LogP contribution in [0.3, 0.4) is 0 Å². The highest BCUT2D eigenvalue weighted by Crippen LogP contribution is 2.27.